The predicted octanol–water partition coefficient (Wildman–Crippen LogP) is 14.0. The van der Waals surface area contributed by atoms with E-state index in [-0.39, 0.29) is 5.41 Å². The number of hydrogen-bond donors (Lipinski definition) is 0. The topological polar surface area (TPSA) is 15.7 Å². The quantitative estimate of drug-likeness (QED) is 0.176. The summed E-state index contributed by atoms with van der Waals surface area (Å²) in [6.07, 6.45) is 0. The molecule has 0 N–H and O–H groups in total. The van der Waals surface area contributed by atoms with Gasteiger partial charge in [-0.15, -0.1) is 0 Å². The lowest BCUT2D eigenvalue weighted by molar-refractivity contribution is 0.471. The van der Waals surface area contributed by atoms with E-state index in [0.717, 1.165) is 39.9 Å². The average Bonchev–Trinajstić information content (AvgIpc) is 3.54. The molecular formula is C53H40N2O. The van der Waals surface area contributed by atoms with Crippen LogP contribution < -0.4 is 14.5 Å². The van der Waals surface area contributed by atoms with E-state index >= 15 is 0 Å². The van der Waals surface area contributed by atoms with Crippen LogP contribution in [-0.2, 0) is 10.8 Å². The minimum absolute atomic E-state index is 0.366. The van der Waals surface area contributed by atoms with Crippen LogP contribution in [0.4, 0.5) is 34.1 Å². The molecular weight excluding hydrogens is 681 g/mol. The molecule has 0 saturated heterocycles. The lowest BCUT2D eigenvalue weighted by atomic mass is 9.67. The summed E-state index contributed by atoms with van der Waals surface area (Å²) in [6.45, 7) is 6.92. The maximum Gasteiger partial charge on any atom is 0.152 e. The van der Waals surface area contributed by atoms with Gasteiger partial charge in [-0.25, -0.2) is 0 Å². The van der Waals surface area contributed by atoms with Crippen molar-refractivity contribution in [3.05, 3.63) is 227 Å². The smallest absolute Gasteiger partial charge is 0.152 e. The molecule has 0 amide bonds. The fourth-order valence-corrected chi connectivity index (χ4v) is 10.0. The van der Waals surface area contributed by atoms with Crippen LogP contribution in [0.3, 0.4) is 0 Å². The number of hydrogen-bond acceptors (Lipinski definition) is 3. The summed E-state index contributed by atoms with van der Waals surface area (Å²) < 4.78 is 6.82. The summed E-state index contributed by atoms with van der Waals surface area (Å²) in [5, 5.41) is 0. The molecule has 8 aromatic rings. The van der Waals surface area contributed by atoms with E-state index in [1.165, 1.54) is 55.8 Å². The third kappa shape index (κ3) is 4.40. The molecule has 0 unspecified atom stereocenters. The normalized spacial score (nSPS) is 14.7. The Balaban J connectivity index is 1.21. The highest BCUT2D eigenvalue weighted by atomic mass is 16.5. The van der Waals surface area contributed by atoms with Crippen molar-refractivity contribution < 1.29 is 4.74 Å². The highest BCUT2D eigenvalue weighted by molar-refractivity contribution is 5.99. The van der Waals surface area contributed by atoms with Gasteiger partial charge in [-0.1, -0.05) is 153 Å². The summed E-state index contributed by atoms with van der Waals surface area (Å²) in [4.78, 5) is 4.93. The minimum atomic E-state index is -0.513. The Labute approximate surface area is 328 Å². The van der Waals surface area contributed by atoms with Crippen LogP contribution in [0.25, 0.3) is 11.1 Å². The second-order valence-corrected chi connectivity index (χ2v) is 15.7. The maximum absolute atomic E-state index is 6.82. The predicted molar refractivity (Wildman–Crippen MR) is 230 cm³/mol. The number of para-hydroxylation sites is 3. The second-order valence-electron chi connectivity index (χ2n) is 15.7. The highest BCUT2D eigenvalue weighted by Crippen LogP contribution is 2.64. The van der Waals surface area contributed by atoms with E-state index < -0.39 is 5.41 Å². The van der Waals surface area contributed by atoms with Gasteiger partial charge in [-0.2, -0.15) is 0 Å². The van der Waals surface area contributed by atoms with Crippen LogP contribution in [-0.4, -0.2) is 0 Å². The average molecular weight is 721 g/mol. The molecule has 0 saturated carbocycles. The molecule has 3 nitrogen and oxygen atoms in total. The van der Waals surface area contributed by atoms with E-state index in [1.54, 1.807) is 0 Å². The van der Waals surface area contributed by atoms with Crippen molar-refractivity contribution in [3.8, 4) is 22.6 Å². The Kier molecular flexibility index (Phi) is 7.03. The zero-order valence-electron chi connectivity index (χ0n) is 31.7. The van der Waals surface area contributed by atoms with Crippen molar-refractivity contribution in [2.75, 3.05) is 9.80 Å². The zero-order valence-corrected chi connectivity index (χ0v) is 31.7. The molecule has 0 aromatic heterocycles. The number of ether oxygens (including phenoxy) is 1. The van der Waals surface area contributed by atoms with Crippen molar-refractivity contribution in [1.29, 1.82) is 0 Å². The summed E-state index contributed by atoms with van der Waals surface area (Å²) in [5.74, 6) is 1.75. The van der Waals surface area contributed by atoms with Crippen molar-refractivity contribution in [1.82, 2.24) is 0 Å². The van der Waals surface area contributed by atoms with E-state index in [0.29, 0.717) is 0 Å². The largest absolute Gasteiger partial charge is 0.453 e. The Morgan fingerprint density at radius 3 is 1.82 bits per heavy atom. The van der Waals surface area contributed by atoms with Crippen LogP contribution in [0.5, 0.6) is 11.5 Å². The fraction of sp³-hybridized carbons (Fsp3) is 0.0943. The molecule has 0 fully saturated rings. The highest BCUT2D eigenvalue weighted by Gasteiger charge is 2.47. The van der Waals surface area contributed by atoms with Crippen LogP contribution >= 0.6 is 0 Å². The molecule has 0 atom stereocenters. The van der Waals surface area contributed by atoms with Gasteiger partial charge in [0.25, 0.3) is 0 Å². The lowest BCUT2D eigenvalue weighted by Crippen LogP contribution is -2.34. The standard InChI is InChI=1S/C53H40N2O/c1-35-18-17-29-47-50(35)55-45-28-16-15-27-43(45)52(2,3)49-46(32-33-48(56-47)51(49)55)54(38-23-11-6-12-24-38)39-30-31-41-40-25-13-14-26-42(40)53(44(41)34-39,36-19-7-4-8-20-36)37-21-9-5-10-22-37/h4-34H,1-3H3. The molecule has 11 rings (SSSR count). The summed E-state index contributed by atoms with van der Waals surface area (Å²) >= 11 is 0. The number of rotatable bonds is 5. The van der Waals surface area contributed by atoms with Gasteiger partial charge < -0.3 is 14.5 Å². The van der Waals surface area contributed by atoms with Gasteiger partial charge in [-0.05, 0) is 100.0 Å². The van der Waals surface area contributed by atoms with Gasteiger partial charge in [0.2, 0.25) is 0 Å². The number of fused-ring (bicyclic) bond motifs is 7. The van der Waals surface area contributed by atoms with E-state index in [2.05, 4.69) is 219 Å². The Bertz CT molecular complexity index is 2790. The van der Waals surface area contributed by atoms with Gasteiger partial charge in [-0.3, -0.25) is 0 Å². The van der Waals surface area contributed by atoms with Gasteiger partial charge in [0.05, 0.1) is 28.2 Å². The third-order valence-corrected chi connectivity index (χ3v) is 12.4. The SMILES string of the molecule is Cc1cccc2c1N1c3ccccc3C(C)(C)c3c(N(c4ccccc4)c4ccc5c(c4)C(c4ccccc4)(c4ccccc4)c4ccccc4-5)ccc(c31)O2. The van der Waals surface area contributed by atoms with E-state index in [1.807, 2.05) is 0 Å². The third-order valence-electron chi connectivity index (χ3n) is 12.4. The minimum Gasteiger partial charge on any atom is -0.453 e. The van der Waals surface area contributed by atoms with Crippen LogP contribution in [0.2, 0.25) is 0 Å². The molecule has 2 aliphatic heterocycles. The van der Waals surface area contributed by atoms with Crippen molar-refractivity contribution in [2.45, 2.75) is 31.6 Å². The molecule has 3 heteroatoms. The molecule has 0 bridgehead atoms. The van der Waals surface area contributed by atoms with Crippen molar-refractivity contribution >= 4 is 34.1 Å². The van der Waals surface area contributed by atoms with E-state index in [9.17, 15) is 0 Å². The first kappa shape index (κ1) is 32.6. The maximum atomic E-state index is 6.82. The summed E-state index contributed by atoms with van der Waals surface area (Å²) in [6, 6.07) is 68.8. The molecule has 2 heterocycles. The van der Waals surface area contributed by atoms with Gasteiger partial charge in [0.1, 0.15) is 0 Å². The van der Waals surface area contributed by atoms with Crippen LogP contribution in [0, 0.1) is 6.92 Å². The van der Waals surface area contributed by atoms with Crippen molar-refractivity contribution in [3.63, 3.8) is 0 Å². The fourth-order valence-electron chi connectivity index (χ4n) is 10.0. The number of aryl methyl sites for hydroxylation is 1. The molecule has 1 aliphatic carbocycles. The molecule has 0 radical (unpaired) electrons. The molecule has 0 spiro atoms. The molecule has 56 heavy (non-hydrogen) atoms. The number of anilines is 6. The first-order chi connectivity index (χ1) is 27.5. The van der Waals surface area contributed by atoms with E-state index in [4.69, 9.17) is 4.74 Å². The molecule has 8 aromatic carbocycles. The number of benzene rings is 8. The van der Waals surface area contributed by atoms with Crippen LogP contribution in [0.1, 0.15) is 52.8 Å². The lowest BCUT2D eigenvalue weighted by Gasteiger charge is -2.47. The van der Waals surface area contributed by atoms with Crippen molar-refractivity contribution in [2.24, 2.45) is 0 Å². The summed E-state index contributed by atoms with van der Waals surface area (Å²) in [5.41, 5.74) is 17.2. The van der Waals surface area contributed by atoms with Gasteiger partial charge in [0.15, 0.2) is 11.5 Å². The first-order valence-corrected chi connectivity index (χ1v) is 19.5. The monoisotopic (exact) mass is 720 g/mol. The zero-order chi connectivity index (χ0) is 37.6. The first-order valence-electron chi connectivity index (χ1n) is 19.5. The second kappa shape index (κ2) is 12.1. The van der Waals surface area contributed by atoms with Gasteiger partial charge in [0, 0.05) is 22.4 Å². The molecule has 3 aliphatic rings. The summed E-state index contributed by atoms with van der Waals surface area (Å²) in [7, 11) is 0. The van der Waals surface area contributed by atoms with Gasteiger partial charge >= 0.3 is 0 Å². The number of nitrogens with zero attached hydrogens (tertiary/aromatic N) is 2. The Morgan fingerprint density at radius 1 is 0.482 bits per heavy atom. The Hall–Kier alpha value is -6.84. The Morgan fingerprint density at radius 2 is 1.09 bits per heavy atom. The van der Waals surface area contributed by atoms with Crippen LogP contribution in [0.15, 0.2) is 188 Å². The molecule has 268 valence electrons.